The maximum Gasteiger partial charge on any atom is 0.226 e. The highest BCUT2D eigenvalue weighted by atomic mass is 16.5. The molecular weight excluding hydrogens is 392 g/mol. The number of ether oxygens (including phenoxy) is 2. The number of anilines is 1. The van der Waals surface area contributed by atoms with Crippen LogP contribution in [-0.4, -0.2) is 48.7 Å². The number of aromatic hydroxyl groups is 1. The van der Waals surface area contributed by atoms with Crippen molar-refractivity contribution in [3.63, 3.8) is 0 Å². The predicted octanol–water partition coefficient (Wildman–Crippen LogP) is 4.30. The van der Waals surface area contributed by atoms with Crippen LogP contribution >= 0.6 is 0 Å². The number of benzene rings is 3. The maximum absolute atomic E-state index is 12.5. The van der Waals surface area contributed by atoms with Crippen molar-refractivity contribution in [3.05, 3.63) is 78.9 Å². The lowest BCUT2D eigenvalue weighted by molar-refractivity contribution is -0.132. The van der Waals surface area contributed by atoms with E-state index in [4.69, 9.17) is 9.47 Å². The van der Waals surface area contributed by atoms with Gasteiger partial charge >= 0.3 is 0 Å². The average Bonchev–Trinajstić information content (AvgIpc) is 2.80. The van der Waals surface area contributed by atoms with Crippen LogP contribution in [0, 0.1) is 0 Å². The summed E-state index contributed by atoms with van der Waals surface area (Å²) in [4.78, 5) is 16.6. The molecule has 0 spiro atoms. The molecule has 0 aliphatic carbocycles. The predicted molar refractivity (Wildman–Crippen MR) is 120 cm³/mol. The zero-order valence-electron chi connectivity index (χ0n) is 17.3. The van der Waals surface area contributed by atoms with Crippen molar-refractivity contribution >= 4 is 11.6 Å². The molecule has 31 heavy (non-hydrogen) atoms. The molecule has 1 saturated heterocycles. The van der Waals surface area contributed by atoms with Gasteiger partial charge in [0, 0.05) is 37.9 Å². The van der Waals surface area contributed by atoms with Crippen molar-refractivity contribution < 1.29 is 19.4 Å². The molecule has 4 rings (SSSR count). The molecule has 1 aliphatic heterocycles. The Bertz CT molecular complexity index is 984. The number of hydrogen-bond donors (Lipinski definition) is 1. The van der Waals surface area contributed by atoms with Gasteiger partial charge in [-0.05, 0) is 48.5 Å². The third-order valence-corrected chi connectivity index (χ3v) is 5.22. The van der Waals surface area contributed by atoms with E-state index in [9.17, 15) is 9.90 Å². The van der Waals surface area contributed by atoms with Crippen molar-refractivity contribution in [1.82, 2.24) is 4.90 Å². The van der Waals surface area contributed by atoms with Gasteiger partial charge in [-0.1, -0.05) is 24.3 Å². The van der Waals surface area contributed by atoms with Crippen LogP contribution < -0.4 is 14.4 Å². The molecule has 1 heterocycles. The molecule has 0 aromatic heterocycles. The number of rotatable bonds is 7. The van der Waals surface area contributed by atoms with Gasteiger partial charge in [0.25, 0.3) is 0 Å². The molecule has 1 N–H and O–H groups in total. The van der Waals surface area contributed by atoms with Crippen LogP contribution in [0.1, 0.15) is 6.42 Å². The fourth-order valence-electron chi connectivity index (χ4n) is 3.55. The summed E-state index contributed by atoms with van der Waals surface area (Å²) in [6, 6.07) is 24.4. The van der Waals surface area contributed by atoms with Crippen LogP contribution in [0.25, 0.3) is 0 Å². The van der Waals surface area contributed by atoms with Crippen LogP contribution in [0.15, 0.2) is 78.9 Å². The average molecular weight is 418 g/mol. The molecule has 0 bridgehead atoms. The molecule has 0 radical (unpaired) electrons. The summed E-state index contributed by atoms with van der Waals surface area (Å²) in [6.07, 6.45) is 0.321. The number of para-hydroxylation sites is 1. The second-order valence-electron chi connectivity index (χ2n) is 7.37. The molecule has 1 aliphatic rings. The Kier molecular flexibility index (Phi) is 6.57. The second-order valence-corrected chi connectivity index (χ2v) is 7.37. The number of hydrogen-bond acceptors (Lipinski definition) is 5. The fourth-order valence-corrected chi connectivity index (χ4v) is 3.55. The first kappa shape index (κ1) is 20.6. The van der Waals surface area contributed by atoms with E-state index in [0.717, 1.165) is 30.3 Å². The van der Waals surface area contributed by atoms with Gasteiger partial charge in [0.2, 0.25) is 5.91 Å². The highest BCUT2D eigenvalue weighted by Crippen LogP contribution is 2.25. The minimum absolute atomic E-state index is 0.0893. The molecule has 0 saturated carbocycles. The van der Waals surface area contributed by atoms with E-state index in [1.807, 2.05) is 47.4 Å². The Hall–Kier alpha value is -3.67. The van der Waals surface area contributed by atoms with E-state index in [1.54, 1.807) is 24.3 Å². The summed E-state index contributed by atoms with van der Waals surface area (Å²) in [5.41, 5.74) is 1.12. The van der Waals surface area contributed by atoms with Gasteiger partial charge in [0.15, 0.2) is 0 Å². The SMILES string of the molecule is O=C(CCOc1cccc(O)c1)N1CCN(c2ccc(Oc3ccccc3)cc2)CC1. The van der Waals surface area contributed by atoms with Gasteiger partial charge in [-0.3, -0.25) is 4.79 Å². The zero-order valence-corrected chi connectivity index (χ0v) is 17.3. The Labute approximate surface area is 182 Å². The van der Waals surface area contributed by atoms with Crippen molar-refractivity contribution in [2.75, 3.05) is 37.7 Å². The molecule has 6 heteroatoms. The molecule has 3 aromatic rings. The van der Waals surface area contributed by atoms with Crippen molar-refractivity contribution in [2.24, 2.45) is 0 Å². The van der Waals surface area contributed by atoms with Gasteiger partial charge in [0.1, 0.15) is 23.0 Å². The number of amides is 1. The fraction of sp³-hybridized carbons (Fsp3) is 0.240. The molecule has 6 nitrogen and oxygen atoms in total. The first-order chi connectivity index (χ1) is 15.2. The number of piperazine rings is 1. The number of carbonyl (C=O) groups is 1. The summed E-state index contributed by atoms with van der Waals surface area (Å²) >= 11 is 0. The number of phenols is 1. The Morgan fingerprint density at radius 1 is 0.806 bits per heavy atom. The highest BCUT2D eigenvalue weighted by molar-refractivity contribution is 5.76. The smallest absolute Gasteiger partial charge is 0.226 e. The normalized spacial score (nSPS) is 13.7. The Morgan fingerprint density at radius 3 is 2.19 bits per heavy atom. The van der Waals surface area contributed by atoms with Gasteiger partial charge in [0.05, 0.1) is 13.0 Å². The first-order valence-corrected chi connectivity index (χ1v) is 10.4. The van der Waals surface area contributed by atoms with Crippen LogP contribution in [0.4, 0.5) is 5.69 Å². The highest BCUT2D eigenvalue weighted by Gasteiger charge is 2.21. The zero-order chi connectivity index (χ0) is 21.5. The quantitative estimate of drug-likeness (QED) is 0.620. The van der Waals surface area contributed by atoms with E-state index < -0.39 is 0 Å². The number of carbonyl (C=O) groups excluding carboxylic acids is 1. The first-order valence-electron chi connectivity index (χ1n) is 10.4. The number of nitrogens with zero attached hydrogens (tertiary/aromatic N) is 2. The molecule has 160 valence electrons. The van der Waals surface area contributed by atoms with Crippen LogP contribution in [0.3, 0.4) is 0 Å². The van der Waals surface area contributed by atoms with Gasteiger partial charge in [-0.25, -0.2) is 0 Å². The van der Waals surface area contributed by atoms with E-state index in [0.29, 0.717) is 31.9 Å². The molecule has 0 unspecified atom stereocenters. The van der Waals surface area contributed by atoms with Crippen molar-refractivity contribution in [2.45, 2.75) is 6.42 Å². The van der Waals surface area contributed by atoms with Crippen molar-refractivity contribution in [1.29, 1.82) is 0 Å². The van der Waals surface area contributed by atoms with Gasteiger partial charge < -0.3 is 24.4 Å². The Balaban J connectivity index is 1.22. The maximum atomic E-state index is 12.5. The van der Waals surface area contributed by atoms with E-state index in [2.05, 4.69) is 17.0 Å². The molecular formula is C25H26N2O4. The minimum atomic E-state index is 0.0893. The van der Waals surface area contributed by atoms with E-state index in [1.165, 1.54) is 0 Å². The third kappa shape index (κ3) is 5.69. The van der Waals surface area contributed by atoms with Crippen LogP contribution in [0.5, 0.6) is 23.0 Å². The lowest BCUT2D eigenvalue weighted by Crippen LogP contribution is -2.49. The van der Waals surface area contributed by atoms with Crippen LogP contribution in [-0.2, 0) is 4.79 Å². The van der Waals surface area contributed by atoms with Crippen molar-refractivity contribution in [3.8, 4) is 23.0 Å². The third-order valence-electron chi connectivity index (χ3n) is 5.22. The van der Waals surface area contributed by atoms with Gasteiger partial charge in [-0.15, -0.1) is 0 Å². The summed E-state index contributed by atoms with van der Waals surface area (Å²) in [6.45, 7) is 3.25. The summed E-state index contributed by atoms with van der Waals surface area (Å²) in [7, 11) is 0. The molecule has 0 atom stereocenters. The lowest BCUT2D eigenvalue weighted by atomic mass is 10.2. The topological polar surface area (TPSA) is 62.2 Å². The van der Waals surface area contributed by atoms with Gasteiger partial charge in [-0.2, -0.15) is 0 Å². The number of phenolic OH excluding ortho intramolecular Hbond substituents is 1. The van der Waals surface area contributed by atoms with E-state index in [-0.39, 0.29) is 11.7 Å². The second kappa shape index (κ2) is 9.89. The summed E-state index contributed by atoms with van der Waals surface area (Å²) in [5.74, 6) is 2.43. The van der Waals surface area contributed by atoms with E-state index >= 15 is 0 Å². The summed E-state index contributed by atoms with van der Waals surface area (Å²) < 4.78 is 11.4. The molecule has 1 amide bonds. The summed E-state index contributed by atoms with van der Waals surface area (Å²) in [5, 5.41) is 9.46. The Morgan fingerprint density at radius 2 is 1.48 bits per heavy atom. The standard InChI is InChI=1S/C25H26N2O4/c28-21-5-4-8-24(19-21)30-18-13-25(29)27-16-14-26(15-17-27)20-9-11-23(12-10-20)31-22-6-2-1-3-7-22/h1-12,19,28H,13-18H2. The van der Waals surface area contributed by atoms with Crippen LogP contribution in [0.2, 0.25) is 0 Å². The lowest BCUT2D eigenvalue weighted by Gasteiger charge is -2.36. The monoisotopic (exact) mass is 418 g/mol. The molecule has 1 fully saturated rings. The molecule has 3 aromatic carbocycles. The largest absolute Gasteiger partial charge is 0.508 e. The minimum Gasteiger partial charge on any atom is -0.508 e.